The number of esters is 1. The molecular weight excluding hydrogens is 282 g/mol. The highest BCUT2D eigenvalue weighted by Gasteiger charge is 2.19. The van der Waals surface area contributed by atoms with E-state index in [1.807, 2.05) is 44.2 Å². The van der Waals surface area contributed by atoms with Crippen molar-refractivity contribution >= 4 is 11.9 Å². The summed E-state index contributed by atoms with van der Waals surface area (Å²) in [5, 5.41) is 4.46. The zero-order valence-corrected chi connectivity index (χ0v) is 12.9. The van der Waals surface area contributed by atoms with Crippen LogP contribution < -0.4 is 5.73 Å². The van der Waals surface area contributed by atoms with E-state index in [1.54, 1.807) is 4.68 Å². The summed E-state index contributed by atoms with van der Waals surface area (Å²) in [7, 11) is 0. The Bertz CT molecular complexity index is 692. The highest BCUT2D eigenvalue weighted by molar-refractivity contribution is 5.82. The SMILES string of the molecule is Cc1nn(-c2ccccc2)c(C)c1CC(=O)OC(C)C(N)=O. The molecule has 1 amide bonds. The molecular formula is C16H19N3O3. The van der Waals surface area contributed by atoms with E-state index < -0.39 is 18.0 Å². The summed E-state index contributed by atoms with van der Waals surface area (Å²) >= 11 is 0. The van der Waals surface area contributed by atoms with E-state index in [1.165, 1.54) is 6.92 Å². The van der Waals surface area contributed by atoms with Crippen LogP contribution in [0, 0.1) is 13.8 Å². The van der Waals surface area contributed by atoms with Crippen LogP contribution >= 0.6 is 0 Å². The van der Waals surface area contributed by atoms with Crippen LogP contribution in [-0.4, -0.2) is 27.8 Å². The highest BCUT2D eigenvalue weighted by Crippen LogP contribution is 2.18. The number of carbonyl (C=O) groups is 2. The number of nitrogens with zero attached hydrogens (tertiary/aromatic N) is 2. The average Bonchev–Trinajstić information content (AvgIpc) is 2.76. The van der Waals surface area contributed by atoms with Crippen molar-refractivity contribution in [3.05, 3.63) is 47.3 Å². The fourth-order valence-corrected chi connectivity index (χ4v) is 2.19. The minimum absolute atomic E-state index is 0.0577. The number of para-hydroxylation sites is 1. The van der Waals surface area contributed by atoms with Crippen LogP contribution in [0.4, 0.5) is 0 Å². The topological polar surface area (TPSA) is 87.2 Å². The number of aromatic nitrogens is 2. The molecule has 1 aromatic heterocycles. The van der Waals surface area contributed by atoms with Crippen LogP contribution in [0.1, 0.15) is 23.9 Å². The molecule has 0 radical (unpaired) electrons. The number of hydrogen-bond donors (Lipinski definition) is 1. The molecule has 0 saturated carbocycles. The second-order valence-electron chi connectivity index (χ2n) is 5.11. The van der Waals surface area contributed by atoms with Crippen molar-refractivity contribution in [2.24, 2.45) is 5.73 Å². The average molecular weight is 301 g/mol. The maximum Gasteiger partial charge on any atom is 0.311 e. The third-order valence-corrected chi connectivity index (χ3v) is 3.47. The van der Waals surface area contributed by atoms with Gasteiger partial charge in [0.05, 0.1) is 17.8 Å². The van der Waals surface area contributed by atoms with Gasteiger partial charge in [-0.1, -0.05) is 18.2 Å². The van der Waals surface area contributed by atoms with Crippen molar-refractivity contribution in [1.82, 2.24) is 9.78 Å². The van der Waals surface area contributed by atoms with Crippen LogP contribution in [0.15, 0.2) is 30.3 Å². The first kappa shape index (κ1) is 15.8. The van der Waals surface area contributed by atoms with Gasteiger partial charge in [-0.25, -0.2) is 4.68 Å². The molecule has 1 unspecified atom stereocenters. The summed E-state index contributed by atoms with van der Waals surface area (Å²) in [5.74, 6) is -1.16. The smallest absolute Gasteiger partial charge is 0.311 e. The van der Waals surface area contributed by atoms with E-state index in [0.717, 1.165) is 22.6 Å². The Balaban J connectivity index is 2.21. The molecule has 2 rings (SSSR count). The van der Waals surface area contributed by atoms with Crippen LogP contribution in [0.2, 0.25) is 0 Å². The van der Waals surface area contributed by atoms with Crippen molar-refractivity contribution < 1.29 is 14.3 Å². The molecule has 0 spiro atoms. The van der Waals surface area contributed by atoms with Gasteiger partial charge in [0.15, 0.2) is 6.10 Å². The highest BCUT2D eigenvalue weighted by atomic mass is 16.5. The summed E-state index contributed by atoms with van der Waals surface area (Å²) < 4.78 is 6.78. The largest absolute Gasteiger partial charge is 0.452 e. The number of carbonyl (C=O) groups excluding carboxylic acids is 2. The predicted molar refractivity (Wildman–Crippen MR) is 81.5 cm³/mol. The van der Waals surface area contributed by atoms with Crippen LogP contribution in [-0.2, 0) is 20.7 Å². The molecule has 2 N–H and O–H groups in total. The van der Waals surface area contributed by atoms with Crippen LogP contribution in [0.3, 0.4) is 0 Å². The molecule has 0 aliphatic carbocycles. The zero-order chi connectivity index (χ0) is 16.3. The summed E-state index contributed by atoms with van der Waals surface area (Å²) in [6.07, 6.45) is -0.875. The third-order valence-electron chi connectivity index (χ3n) is 3.47. The minimum atomic E-state index is -0.933. The van der Waals surface area contributed by atoms with E-state index in [9.17, 15) is 9.59 Å². The van der Waals surface area contributed by atoms with E-state index in [2.05, 4.69) is 5.10 Å². The molecule has 1 atom stereocenters. The maximum absolute atomic E-state index is 11.9. The van der Waals surface area contributed by atoms with Gasteiger partial charge in [0.1, 0.15) is 0 Å². The van der Waals surface area contributed by atoms with Crippen molar-refractivity contribution in [1.29, 1.82) is 0 Å². The summed E-state index contributed by atoms with van der Waals surface area (Å²) in [4.78, 5) is 22.8. The molecule has 0 fully saturated rings. The molecule has 0 saturated heterocycles. The molecule has 116 valence electrons. The van der Waals surface area contributed by atoms with Crippen molar-refractivity contribution in [2.45, 2.75) is 33.3 Å². The normalized spacial score (nSPS) is 12.0. The molecule has 6 nitrogen and oxygen atoms in total. The van der Waals surface area contributed by atoms with Gasteiger partial charge < -0.3 is 10.5 Å². The zero-order valence-electron chi connectivity index (χ0n) is 12.9. The Hall–Kier alpha value is -2.63. The van der Waals surface area contributed by atoms with E-state index in [0.29, 0.717) is 0 Å². The van der Waals surface area contributed by atoms with Crippen LogP contribution in [0.25, 0.3) is 5.69 Å². The molecule has 0 aliphatic heterocycles. The number of amides is 1. The van der Waals surface area contributed by atoms with E-state index >= 15 is 0 Å². The van der Waals surface area contributed by atoms with Gasteiger partial charge in [0, 0.05) is 11.3 Å². The lowest BCUT2D eigenvalue weighted by Crippen LogP contribution is -2.31. The van der Waals surface area contributed by atoms with Gasteiger partial charge in [0.25, 0.3) is 5.91 Å². The number of benzene rings is 1. The maximum atomic E-state index is 11.9. The van der Waals surface area contributed by atoms with Gasteiger partial charge in [-0.3, -0.25) is 9.59 Å². The molecule has 22 heavy (non-hydrogen) atoms. The summed E-state index contributed by atoms with van der Waals surface area (Å²) in [6, 6.07) is 9.66. The number of ether oxygens (including phenoxy) is 1. The van der Waals surface area contributed by atoms with Gasteiger partial charge in [0.2, 0.25) is 0 Å². The monoisotopic (exact) mass is 301 g/mol. The lowest BCUT2D eigenvalue weighted by atomic mass is 10.1. The Morgan fingerprint density at radius 2 is 1.91 bits per heavy atom. The second-order valence-corrected chi connectivity index (χ2v) is 5.11. The molecule has 2 aromatic rings. The first-order valence-corrected chi connectivity index (χ1v) is 6.99. The standard InChI is InChI=1S/C16H19N3O3/c1-10-14(9-15(20)22-12(3)16(17)21)11(2)19(18-10)13-7-5-4-6-8-13/h4-8,12H,9H2,1-3H3,(H2,17,21). The molecule has 6 heteroatoms. The Kier molecular flexibility index (Phi) is 4.60. The van der Waals surface area contributed by atoms with Crippen LogP contribution in [0.5, 0.6) is 0 Å². The Labute approximate surface area is 128 Å². The summed E-state index contributed by atoms with van der Waals surface area (Å²) in [6.45, 7) is 5.19. The number of primary amides is 1. The number of aryl methyl sites for hydroxylation is 1. The predicted octanol–water partition coefficient (Wildman–Crippen LogP) is 1.45. The second kappa shape index (κ2) is 6.43. The quantitative estimate of drug-likeness (QED) is 0.847. The Morgan fingerprint density at radius 3 is 2.50 bits per heavy atom. The first-order valence-electron chi connectivity index (χ1n) is 6.99. The molecule has 0 bridgehead atoms. The third kappa shape index (κ3) is 3.33. The van der Waals surface area contributed by atoms with Gasteiger partial charge in [-0.15, -0.1) is 0 Å². The van der Waals surface area contributed by atoms with Gasteiger partial charge in [-0.05, 0) is 32.9 Å². The molecule has 0 aliphatic rings. The van der Waals surface area contributed by atoms with Crippen molar-refractivity contribution in [3.8, 4) is 5.69 Å². The van der Waals surface area contributed by atoms with Gasteiger partial charge >= 0.3 is 5.97 Å². The fraction of sp³-hybridized carbons (Fsp3) is 0.312. The molecule has 1 heterocycles. The van der Waals surface area contributed by atoms with E-state index in [4.69, 9.17) is 10.5 Å². The number of hydrogen-bond acceptors (Lipinski definition) is 4. The lowest BCUT2D eigenvalue weighted by Gasteiger charge is -2.10. The lowest BCUT2D eigenvalue weighted by molar-refractivity contribution is -0.153. The number of nitrogens with two attached hydrogens (primary N) is 1. The summed E-state index contributed by atoms with van der Waals surface area (Å²) in [5.41, 5.74) is 8.43. The minimum Gasteiger partial charge on any atom is -0.452 e. The Morgan fingerprint density at radius 1 is 1.27 bits per heavy atom. The van der Waals surface area contributed by atoms with Gasteiger partial charge in [-0.2, -0.15) is 5.10 Å². The van der Waals surface area contributed by atoms with E-state index in [-0.39, 0.29) is 6.42 Å². The van der Waals surface area contributed by atoms with Crippen molar-refractivity contribution in [3.63, 3.8) is 0 Å². The number of rotatable bonds is 5. The van der Waals surface area contributed by atoms with Crippen molar-refractivity contribution in [2.75, 3.05) is 0 Å². The first-order chi connectivity index (χ1) is 10.4. The molecule has 1 aromatic carbocycles. The fourth-order valence-electron chi connectivity index (χ4n) is 2.19.